The van der Waals surface area contributed by atoms with Crippen molar-refractivity contribution in [3.63, 3.8) is 0 Å². The highest BCUT2D eigenvalue weighted by Crippen LogP contribution is 2.33. The topological polar surface area (TPSA) is 41.6 Å². The summed E-state index contributed by atoms with van der Waals surface area (Å²) >= 11 is 0. The van der Waals surface area contributed by atoms with E-state index in [2.05, 4.69) is 12.2 Å². The molecule has 1 N–H and O–H groups in total. The zero-order valence-electron chi connectivity index (χ0n) is 13.4. The Hall–Kier alpha value is -0.770. The molecule has 0 aromatic rings. The van der Waals surface area contributed by atoms with E-state index in [0.717, 1.165) is 38.4 Å². The Morgan fingerprint density at radius 1 is 1.25 bits per heavy atom. The van der Waals surface area contributed by atoms with Gasteiger partial charge in [0.2, 0.25) is 0 Å². The molecule has 116 valence electrons. The number of piperidine rings is 1. The maximum Gasteiger partial charge on any atom is 0.410 e. The van der Waals surface area contributed by atoms with Crippen molar-refractivity contribution in [1.82, 2.24) is 10.2 Å². The molecule has 2 fully saturated rings. The predicted molar refractivity (Wildman–Crippen MR) is 80.7 cm³/mol. The average molecular weight is 282 g/mol. The second kappa shape index (κ2) is 6.33. The summed E-state index contributed by atoms with van der Waals surface area (Å²) in [5, 5.41) is 3.42. The smallest absolute Gasteiger partial charge is 0.410 e. The molecular formula is C16H30N2O2. The van der Waals surface area contributed by atoms with Crippen molar-refractivity contribution >= 4 is 6.09 Å². The number of hydrogen-bond donors (Lipinski definition) is 1. The van der Waals surface area contributed by atoms with E-state index < -0.39 is 5.60 Å². The summed E-state index contributed by atoms with van der Waals surface area (Å²) in [6.45, 7) is 11.2. The minimum absolute atomic E-state index is 0.124. The van der Waals surface area contributed by atoms with Crippen LogP contribution in [0.4, 0.5) is 4.79 Å². The maximum absolute atomic E-state index is 12.3. The molecule has 2 aliphatic rings. The highest BCUT2D eigenvalue weighted by atomic mass is 16.6. The molecule has 2 saturated heterocycles. The molecular weight excluding hydrogens is 252 g/mol. The average Bonchev–Trinajstić information content (AvgIpc) is 2.86. The van der Waals surface area contributed by atoms with Crippen LogP contribution in [0.3, 0.4) is 0 Å². The summed E-state index contributed by atoms with van der Waals surface area (Å²) in [7, 11) is 0. The monoisotopic (exact) mass is 282 g/mol. The minimum atomic E-state index is -0.401. The highest BCUT2D eigenvalue weighted by Gasteiger charge is 2.38. The number of hydrogen-bond acceptors (Lipinski definition) is 3. The van der Waals surface area contributed by atoms with Crippen LogP contribution in [0.15, 0.2) is 0 Å². The number of nitrogens with zero attached hydrogens (tertiary/aromatic N) is 1. The van der Waals surface area contributed by atoms with E-state index in [9.17, 15) is 4.79 Å². The number of amides is 1. The SMILES string of the molecule is CC(C1CCNCC1)C1CCCN1C(=O)OC(C)(C)C. The van der Waals surface area contributed by atoms with Gasteiger partial charge in [0.1, 0.15) is 5.60 Å². The van der Waals surface area contributed by atoms with Gasteiger partial charge in [0, 0.05) is 12.6 Å². The Morgan fingerprint density at radius 3 is 2.50 bits per heavy atom. The number of carbonyl (C=O) groups excluding carboxylic acids is 1. The number of ether oxygens (including phenoxy) is 1. The van der Waals surface area contributed by atoms with Gasteiger partial charge in [-0.15, -0.1) is 0 Å². The van der Waals surface area contributed by atoms with Crippen LogP contribution in [-0.4, -0.2) is 42.3 Å². The Kier molecular flexibility index (Phi) is 4.95. The number of rotatable bonds is 2. The van der Waals surface area contributed by atoms with Gasteiger partial charge in [0.25, 0.3) is 0 Å². The Labute approximate surface area is 123 Å². The largest absolute Gasteiger partial charge is 0.444 e. The molecule has 0 saturated carbocycles. The molecule has 0 bridgehead atoms. The number of carbonyl (C=O) groups is 1. The first-order chi connectivity index (χ1) is 9.38. The van der Waals surface area contributed by atoms with Gasteiger partial charge in [-0.2, -0.15) is 0 Å². The third-order valence-corrected chi connectivity index (χ3v) is 4.66. The van der Waals surface area contributed by atoms with E-state index in [1.807, 2.05) is 25.7 Å². The van der Waals surface area contributed by atoms with Crippen LogP contribution < -0.4 is 5.32 Å². The van der Waals surface area contributed by atoms with Gasteiger partial charge in [-0.25, -0.2) is 4.79 Å². The van der Waals surface area contributed by atoms with Crippen molar-refractivity contribution in [2.45, 2.75) is 65.0 Å². The zero-order chi connectivity index (χ0) is 14.8. The fourth-order valence-corrected chi connectivity index (χ4v) is 3.57. The van der Waals surface area contributed by atoms with E-state index in [-0.39, 0.29) is 6.09 Å². The molecule has 0 spiro atoms. The first-order valence-electron chi connectivity index (χ1n) is 8.09. The summed E-state index contributed by atoms with van der Waals surface area (Å²) in [5.41, 5.74) is -0.401. The van der Waals surface area contributed by atoms with Crippen LogP contribution in [-0.2, 0) is 4.74 Å². The maximum atomic E-state index is 12.3. The normalized spacial score (nSPS) is 26.6. The lowest BCUT2D eigenvalue weighted by Gasteiger charge is -2.37. The van der Waals surface area contributed by atoms with Crippen LogP contribution in [0.25, 0.3) is 0 Å². The minimum Gasteiger partial charge on any atom is -0.444 e. The summed E-state index contributed by atoms with van der Waals surface area (Å²) in [4.78, 5) is 14.3. The molecule has 2 unspecified atom stereocenters. The Morgan fingerprint density at radius 2 is 1.90 bits per heavy atom. The quantitative estimate of drug-likeness (QED) is 0.846. The van der Waals surface area contributed by atoms with E-state index in [4.69, 9.17) is 4.74 Å². The van der Waals surface area contributed by atoms with Crippen molar-refractivity contribution < 1.29 is 9.53 Å². The number of nitrogens with one attached hydrogen (secondary N) is 1. The van der Waals surface area contributed by atoms with Crippen LogP contribution in [0.1, 0.15) is 53.4 Å². The van der Waals surface area contributed by atoms with Gasteiger partial charge in [-0.05, 0) is 71.4 Å². The van der Waals surface area contributed by atoms with Crippen molar-refractivity contribution in [1.29, 1.82) is 0 Å². The molecule has 2 heterocycles. The van der Waals surface area contributed by atoms with Gasteiger partial charge >= 0.3 is 6.09 Å². The first-order valence-corrected chi connectivity index (χ1v) is 8.09. The van der Waals surface area contributed by atoms with Crippen molar-refractivity contribution in [3.8, 4) is 0 Å². The lowest BCUT2D eigenvalue weighted by molar-refractivity contribution is 0.0144. The molecule has 20 heavy (non-hydrogen) atoms. The fourth-order valence-electron chi connectivity index (χ4n) is 3.57. The van der Waals surface area contributed by atoms with E-state index in [1.54, 1.807) is 0 Å². The first kappa shape index (κ1) is 15.6. The van der Waals surface area contributed by atoms with Gasteiger partial charge in [0.05, 0.1) is 0 Å². The third-order valence-electron chi connectivity index (χ3n) is 4.66. The molecule has 4 nitrogen and oxygen atoms in total. The summed E-state index contributed by atoms with van der Waals surface area (Å²) in [6, 6.07) is 0.368. The zero-order valence-corrected chi connectivity index (χ0v) is 13.4. The van der Waals surface area contributed by atoms with Crippen LogP contribution in [0.5, 0.6) is 0 Å². The van der Waals surface area contributed by atoms with E-state index >= 15 is 0 Å². The van der Waals surface area contributed by atoms with E-state index in [1.165, 1.54) is 12.8 Å². The molecule has 0 radical (unpaired) electrons. The lowest BCUT2D eigenvalue weighted by Crippen LogP contribution is -2.45. The van der Waals surface area contributed by atoms with Crippen LogP contribution >= 0.6 is 0 Å². The molecule has 0 aromatic heterocycles. The van der Waals surface area contributed by atoms with Gasteiger partial charge in [-0.1, -0.05) is 6.92 Å². The lowest BCUT2D eigenvalue weighted by atomic mass is 9.81. The molecule has 2 aliphatic heterocycles. The molecule has 4 heteroatoms. The molecule has 1 amide bonds. The third kappa shape index (κ3) is 3.87. The number of likely N-dealkylation sites (tertiary alicyclic amines) is 1. The summed E-state index contributed by atoms with van der Waals surface area (Å²) < 4.78 is 5.56. The standard InChI is InChI=1S/C16H30N2O2/c1-12(13-7-9-17-10-8-13)14-6-5-11-18(14)15(19)20-16(2,3)4/h12-14,17H,5-11H2,1-4H3. The van der Waals surface area contributed by atoms with Crippen molar-refractivity contribution in [3.05, 3.63) is 0 Å². The second-order valence-corrected chi connectivity index (χ2v) is 7.33. The van der Waals surface area contributed by atoms with Gasteiger partial charge in [0.15, 0.2) is 0 Å². The second-order valence-electron chi connectivity index (χ2n) is 7.33. The molecule has 0 aliphatic carbocycles. The molecule has 2 atom stereocenters. The Bertz CT molecular complexity index is 332. The summed E-state index contributed by atoms with van der Waals surface area (Å²) in [5.74, 6) is 1.32. The van der Waals surface area contributed by atoms with Crippen molar-refractivity contribution in [2.24, 2.45) is 11.8 Å². The predicted octanol–water partition coefficient (Wildman–Crippen LogP) is 3.02. The van der Waals surface area contributed by atoms with Crippen LogP contribution in [0, 0.1) is 11.8 Å². The van der Waals surface area contributed by atoms with Gasteiger partial charge < -0.3 is 15.0 Å². The van der Waals surface area contributed by atoms with Crippen LogP contribution in [0.2, 0.25) is 0 Å². The van der Waals surface area contributed by atoms with Gasteiger partial charge in [-0.3, -0.25) is 0 Å². The van der Waals surface area contributed by atoms with Crippen molar-refractivity contribution in [2.75, 3.05) is 19.6 Å². The fraction of sp³-hybridized carbons (Fsp3) is 0.938. The Balaban J connectivity index is 1.97. The van der Waals surface area contributed by atoms with E-state index in [0.29, 0.717) is 12.0 Å². The summed E-state index contributed by atoms with van der Waals surface area (Å²) in [6.07, 6.45) is 4.59. The molecule has 2 rings (SSSR count). The highest BCUT2D eigenvalue weighted by molar-refractivity contribution is 5.69. The molecule has 0 aromatic carbocycles.